The van der Waals surface area contributed by atoms with Gasteiger partial charge in [0.15, 0.2) is 0 Å². The molecule has 1 aliphatic heterocycles. The van der Waals surface area contributed by atoms with E-state index in [0.29, 0.717) is 11.6 Å². The predicted molar refractivity (Wildman–Crippen MR) is 79.2 cm³/mol. The standard InChI is InChI=1S/C14H10ClN3OS/c15-9-3-4-10-11-12(17-18(10)6-7-19)8-2-1-5-16-14(8)20-13(9)11/h1-5,19H,6-7H2. The molecule has 0 unspecified atom stereocenters. The molecule has 1 aromatic carbocycles. The molecular weight excluding hydrogens is 294 g/mol. The van der Waals surface area contributed by atoms with Crippen molar-refractivity contribution in [2.24, 2.45) is 0 Å². The lowest BCUT2D eigenvalue weighted by atomic mass is 10.1. The molecule has 1 N–H and O–H groups in total. The molecule has 1 aliphatic rings. The van der Waals surface area contributed by atoms with Gasteiger partial charge < -0.3 is 5.11 Å². The van der Waals surface area contributed by atoms with Gasteiger partial charge in [-0.1, -0.05) is 23.4 Å². The van der Waals surface area contributed by atoms with Crippen LogP contribution in [0.15, 0.2) is 40.4 Å². The topological polar surface area (TPSA) is 50.9 Å². The highest BCUT2D eigenvalue weighted by molar-refractivity contribution is 7.99. The SMILES string of the molecule is OCCn1nc2c3c(c(Cl)ccc31)Sc1ncccc1-2. The van der Waals surface area contributed by atoms with Crippen molar-refractivity contribution in [1.82, 2.24) is 14.8 Å². The second kappa shape index (κ2) is 4.48. The highest BCUT2D eigenvalue weighted by Crippen LogP contribution is 2.49. The van der Waals surface area contributed by atoms with E-state index in [2.05, 4.69) is 10.1 Å². The van der Waals surface area contributed by atoms with Gasteiger partial charge in [-0.3, -0.25) is 4.68 Å². The van der Waals surface area contributed by atoms with E-state index in [0.717, 1.165) is 32.1 Å². The van der Waals surface area contributed by atoms with Crippen LogP contribution < -0.4 is 0 Å². The summed E-state index contributed by atoms with van der Waals surface area (Å²) in [4.78, 5) is 5.40. The van der Waals surface area contributed by atoms with Crippen LogP contribution in [0.4, 0.5) is 0 Å². The summed E-state index contributed by atoms with van der Waals surface area (Å²) in [5.41, 5.74) is 2.91. The van der Waals surface area contributed by atoms with Crippen molar-refractivity contribution in [2.45, 2.75) is 16.5 Å². The Bertz CT molecular complexity index is 831. The Morgan fingerprint density at radius 1 is 1.30 bits per heavy atom. The van der Waals surface area contributed by atoms with Crippen LogP contribution in [-0.2, 0) is 6.54 Å². The number of halogens is 1. The highest BCUT2D eigenvalue weighted by Gasteiger charge is 2.26. The summed E-state index contributed by atoms with van der Waals surface area (Å²) < 4.78 is 1.83. The lowest BCUT2D eigenvalue weighted by Crippen LogP contribution is -2.03. The molecule has 0 spiro atoms. The largest absolute Gasteiger partial charge is 0.394 e. The van der Waals surface area contributed by atoms with Gasteiger partial charge in [0, 0.05) is 22.0 Å². The summed E-state index contributed by atoms with van der Waals surface area (Å²) in [5.74, 6) is 0. The van der Waals surface area contributed by atoms with Gasteiger partial charge in [0.1, 0.15) is 10.7 Å². The minimum Gasteiger partial charge on any atom is -0.394 e. The normalized spacial score (nSPS) is 12.7. The number of hydrogen-bond acceptors (Lipinski definition) is 4. The highest BCUT2D eigenvalue weighted by atomic mass is 35.5. The monoisotopic (exact) mass is 303 g/mol. The summed E-state index contributed by atoms with van der Waals surface area (Å²) in [6.07, 6.45) is 1.77. The smallest absolute Gasteiger partial charge is 0.110 e. The first-order valence-corrected chi connectivity index (χ1v) is 7.42. The minimum atomic E-state index is 0.0568. The Labute approximate surface area is 124 Å². The summed E-state index contributed by atoms with van der Waals surface area (Å²) >= 11 is 7.90. The number of rotatable bonds is 2. The Hall–Kier alpha value is -1.56. The summed E-state index contributed by atoms with van der Waals surface area (Å²) in [5, 5.41) is 16.5. The third-order valence-electron chi connectivity index (χ3n) is 3.36. The van der Waals surface area contributed by atoms with Crippen LogP contribution in [0, 0.1) is 0 Å². The molecule has 0 atom stereocenters. The van der Waals surface area contributed by atoms with Gasteiger partial charge in [0.25, 0.3) is 0 Å². The van der Waals surface area contributed by atoms with Crippen molar-refractivity contribution in [3.8, 4) is 11.3 Å². The molecule has 3 heterocycles. The first kappa shape index (κ1) is 12.2. The fourth-order valence-electron chi connectivity index (χ4n) is 2.52. The Morgan fingerprint density at radius 3 is 3.05 bits per heavy atom. The molecule has 4 rings (SSSR count). The van der Waals surface area contributed by atoms with Crippen LogP contribution in [0.2, 0.25) is 5.02 Å². The van der Waals surface area contributed by atoms with E-state index >= 15 is 0 Å². The van der Waals surface area contributed by atoms with Crippen LogP contribution in [-0.4, -0.2) is 26.5 Å². The van der Waals surface area contributed by atoms with Crippen LogP contribution >= 0.6 is 23.4 Å². The number of aliphatic hydroxyl groups excluding tert-OH is 1. The zero-order valence-electron chi connectivity index (χ0n) is 10.4. The third kappa shape index (κ3) is 1.60. The number of fused-ring (bicyclic) bond motifs is 2. The van der Waals surface area contributed by atoms with Gasteiger partial charge in [-0.15, -0.1) is 0 Å². The number of nitrogens with zero attached hydrogens (tertiary/aromatic N) is 3. The maximum Gasteiger partial charge on any atom is 0.110 e. The third-order valence-corrected chi connectivity index (χ3v) is 4.93. The molecule has 0 aliphatic carbocycles. The van der Waals surface area contributed by atoms with E-state index in [1.54, 1.807) is 18.0 Å². The fraction of sp³-hybridized carbons (Fsp3) is 0.143. The van der Waals surface area contributed by atoms with E-state index in [-0.39, 0.29) is 6.61 Å². The van der Waals surface area contributed by atoms with Gasteiger partial charge in [-0.25, -0.2) is 4.98 Å². The fourth-order valence-corrected chi connectivity index (χ4v) is 3.84. The predicted octanol–water partition coefficient (Wildman–Crippen LogP) is 3.21. The first-order valence-electron chi connectivity index (χ1n) is 6.22. The summed E-state index contributed by atoms with van der Waals surface area (Å²) in [6.45, 7) is 0.527. The molecule has 4 nitrogen and oxygen atoms in total. The molecule has 20 heavy (non-hydrogen) atoms. The zero-order valence-corrected chi connectivity index (χ0v) is 11.9. The van der Waals surface area contributed by atoms with Crippen LogP contribution in [0.25, 0.3) is 22.2 Å². The van der Waals surface area contributed by atoms with Crippen LogP contribution in [0.5, 0.6) is 0 Å². The van der Waals surface area contributed by atoms with Gasteiger partial charge >= 0.3 is 0 Å². The van der Waals surface area contributed by atoms with Crippen molar-refractivity contribution in [2.75, 3.05) is 6.61 Å². The Balaban J connectivity index is 2.12. The summed E-state index contributed by atoms with van der Waals surface area (Å²) in [7, 11) is 0. The Kier molecular flexibility index (Phi) is 2.73. The number of benzene rings is 1. The molecule has 3 aromatic rings. The molecule has 0 saturated heterocycles. The van der Waals surface area contributed by atoms with Gasteiger partial charge in [0.2, 0.25) is 0 Å². The van der Waals surface area contributed by atoms with E-state index in [9.17, 15) is 5.11 Å². The second-order valence-corrected chi connectivity index (χ2v) is 5.93. The van der Waals surface area contributed by atoms with Crippen molar-refractivity contribution in [1.29, 1.82) is 0 Å². The lowest BCUT2D eigenvalue weighted by Gasteiger charge is -2.14. The minimum absolute atomic E-state index is 0.0568. The first-order chi connectivity index (χ1) is 9.79. The molecule has 0 fully saturated rings. The Morgan fingerprint density at radius 2 is 2.20 bits per heavy atom. The lowest BCUT2D eigenvalue weighted by molar-refractivity contribution is 0.272. The molecular formula is C14H10ClN3OS. The average Bonchev–Trinajstić information content (AvgIpc) is 2.83. The molecule has 100 valence electrons. The van der Waals surface area contributed by atoms with Crippen molar-refractivity contribution < 1.29 is 5.11 Å². The molecule has 0 saturated carbocycles. The van der Waals surface area contributed by atoms with Gasteiger partial charge in [0.05, 0.1) is 23.7 Å². The number of hydrogen-bond donors (Lipinski definition) is 1. The van der Waals surface area contributed by atoms with Crippen molar-refractivity contribution in [3.05, 3.63) is 35.5 Å². The molecule has 2 aromatic heterocycles. The van der Waals surface area contributed by atoms with Crippen molar-refractivity contribution >= 4 is 34.3 Å². The zero-order chi connectivity index (χ0) is 13.7. The summed E-state index contributed by atoms with van der Waals surface area (Å²) in [6, 6.07) is 7.75. The van der Waals surface area contributed by atoms with E-state index in [1.807, 2.05) is 28.9 Å². The van der Waals surface area contributed by atoms with E-state index in [4.69, 9.17) is 11.6 Å². The number of aliphatic hydroxyl groups is 1. The van der Waals surface area contributed by atoms with E-state index in [1.165, 1.54) is 0 Å². The van der Waals surface area contributed by atoms with Crippen LogP contribution in [0.3, 0.4) is 0 Å². The second-order valence-electron chi connectivity index (χ2n) is 4.52. The number of pyridine rings is 1. The van der Waals surface area contributed by atoms with Crippen molar-refractivity contribution in [3.63, 3.8) is 0 Å². The number of aromatic nitrogens is 3. The molecule has 0 radical (unpaired) electrons. The molecule has 0 amide bonds. The van der Waals surface area contributed by atoms with E-state index < -0.39 is 0 Å². The molecule has 0 bridgehead atoms. The maximum absolute atomic E-state index is 9.19. The molecule has 6 heteroatoms. The van der Waals surface area contributed by atoms with Gasteiger partial charge in [-0.05, 0) is 24.3 Å². The van der Waals surface area contributed by atoms with Crippen LogP contribution in [0.1, 0.15) is 0 Å². The maximum atomic E-state index is 9.19. The quantitative estimate of drug-likeness (QED) is 0.618. The van der Waals surface area contributed by atoms with Gasteiger partial charge in [-0.2, -0.15) is 5.10 Å². The average molecular weight is 304 g/mol.